The molecule has 1 aliphatic rings. The fourth-order valence-corrected chi connectivity index (χ4v) is 1.05. The van der Waals surface area contributed by atoms with E-state index >= 15 is 0 Å². The van der Waals surface area contributed by atoms with E-state index in [0.29, 0.717) is 0 Å². The quantitative estimate of drug-likeness (QED) is 0.353. The average Bonchev–Trinajstić information content (AvgIpc) is 1.99. The highest BCUT2D eigenvalue weighted by atomic mass is 16.6. The zero-order valence-corrected chi connectivity index (χ0v) is 5.92. The molecule has 0 aromatic heterocycles. The molecule has 1 rings (SSSR count). The molecule has 0 radical (unpaired) electrons. The van der Waals surface area contributed by atoms with Crippen LogP contribution in [0.15, 0.2) is 0 Å². The van der Waals surface area contributed by atoms with Gasteiger partial charge in [-0.25, -0.2) is 0 Å². The highest BCUT2D eigenvalue weighted by Gasteiger charge is 2.34. The van der Waals surface area contributed by atoms with Crippen molar-refractivity contribution in [1.29, 1.82) is 0 Å². The van der Waals surface area contributed by atoms with Crippen molar-refractivity contribution >= 4 is 0 Å². The number of hydrogen-bond acceptors (Lipinski definition) is 5. The standard InChI is InChI=1S/C6H12O5/c7-2-3-1-4(8)5(9)6(10)11-3/h3-10H,1-2H2/t3-,4+,5+,6-/m1/s1. The number of aliphatic hydroxyl groups excluding tert-OH is 4. The van der Waals surface area contributed by atoms with E-state index < -0.39 is 24.6 Å². The summed E-state index contributed by atoms with van der Waals surface area (Å²) in [7, 11) is 0. The molecule has 0 aromatic rings. The Bertz CT molecular complexity index is 116. The molecule has 11 heavy (non-hydrogen) atoms. The number of rotatable bonds is 1. The van der Waals surface area contributed by atoms with E-state index in [1.807, 2.05) is 0 Å². The highest BCUT2D eigenvalue weighted by Crippen LogP contribution is 2.17. The second kappa shape index (κ2) is 3.46. The first-order valence-electron chi connectivity index (χ1n) is 3.45. The molecule has 5 heteroatoms. The molecule has 4 N–H and O–H groups in total. The van der Waals surface area contributed by atoms with Gasteiger partial charge >= 0.3 is 0 Å². The summed E-state index contributed by atoms with van der Waals surface area (Å²) in [6.07, 6.45) is -4.11. The van der Waals surface area contributed by atoms with Crippen LogP contribution in [0.3, 0.4) is 0 Å². The lowest BCUT2D eigenvalue weighted by molar-refractivity contribution is -0.251. The predicted octanol–water partition coefficient (Wildman–Crippen LogP) is -2.19. The van der Waals surface area contributed by atoms with Gasteiger partial charge in [0.1, 0.15) is 6.10 Å². The smallest absolute Gasteiger partial charge is 0.183 e. The Hall–Kier alpha value is -0.200. The Morgan fingerprint density at radius 3 is 2.36 bits per heavy atom. The third kappa shape index (κ3) is 1.88. The van der Waals surface area contributed by atoms with Crippen LogP contribution in [-0.4, -0.2) is 51.6 Å². The fraction of sp³-hybridized carbons (Fsp3) is 1.00. The Balaban J connectivity index is 2.47. The van der Waals surface area contributed by atoms with Crippen LogP contribution in [0, 0.1) is 0 Å². The molecule has 1 saturated heterocycles. The van der Waals surface area contributed by atoms with Crippen molar-refractivity contribution in [2.75, 3.05) is 6.61 Å². The molecule has 1 fully saturated rings. The van der Waals surface area contributed by atoms with Crippen molar-refractivity contribution in [3.8, 4) is 0 Å². The van der Waals surface area contributed by atoms with Crippen molar-refractivity contribution in [2.24, 2.45) is 0 Å². The molecule has 4 atom stereocenters. The molecule has 1 heterocycles. The van der Waals surface area contributed by atoms with Gasteiger partial charge in [-0.1, -0.05) is 0 Å². The first kappa shape index (κ1) is 8.89. The average molecular weight is 164 g/mol. The van der Waals surface area contributed by atoms with Gasteiger partial charge in [0.05, 0.1) is 18.8 Å². The van der Waals surface area contributed by atoms with Gasteiger partial charge in [0.15, 0.2) is 6.29 Å². The van der Waals surface area contributed by atoms with Gasteiger partial charge in [0.25, 0.3) is 0 Å². The third-order valence-electron chi connectivity index (χ3n) is 1.73. The van der Waals surface area contributed by atoms with Crippen LogP contribution in [0.4, 0.5) is 0 Å². The van der Waals surface area contributed by atoms with Gasteiger partial charge in [-0.2, -0.15) is 0 Å². The minimum absolute atomic E-state index is 0.148. The molecular formula is C6H12O5. The number of aliphatic hydroxyl groups is 4. The Morgan fingerprint density at radius 1 is 1.27 bits per heavy atom. The summed E-state index contributed by atoms with van der Waals surface area (Å²) < 4.78 is 4.71. The Labute approximate surface area is 63.8 Å². The van der Waals surface area contributed by atoms with Crippen molar-refractivity contribution in [2.45, 2.75) is 31.0 Å². The maximum absolute atomic E-state index is 9.05. The lowest BCUT2D eigenvalue weighted by atomic mass is 10.0. The van der Waals surface area contributed by atoms with Crippen LogP contribution in [0.2, 0.25) is 0 Å². The largest absolute Gasteiger partial charge is 0.394 e. The third-order valence-corrected chi connectivity index (χ3v) is 1.73. The molecule has 0 unspecified atom stereocenters. The van der Waals surface area contributed by atoms with Gasteiger partial charge in [-0.05, 0) is 0 Å². The topological polar surface area (TPSA) is 90.2 Å². The van der Waals surface area contributed by atoms with Gasteiger partial charge in [-0.3, -0.25) is 0 Å². The SMILES string of the molecule is OC[C@H]1C[C@H](O)[C@H](O)[C@H](O)O1. The minimum atomic E-state index is -1.39. The Morgan fingerprint density at radius 2 is 1.91 bits per heavy atom. The van der Waals surface area contributed by atoms with Crippen LogP contribution in [0.5, 0.6) is 0 Å². The summed E-state index contributed by atoms with van der Waals surface area (Å²) in [5.41, 5.74) is 0. The summed E-state index contributed by atoms with van der Waals surface area (Å²) in [6, 6.07) is 0. The first-order valence-corrected chi connectivity index (χ1v) is 3.45. The second-order valence-corrected chi connectivity index (χ2v) is 2.62. The van der Waals surface area contributed by atoms with Crippen molar-refractivity contribution in [3.05, 3.63) is 0 Å². The minimum Gasteiger partial charge on any atom is -0.394 e. The maximum Gasteiger partial charge on any atom is 0.183 e. The van der Waals surface area contributed by atoms with E-state index in [-0.39, 0.29) is 13.0 Å². The Kier molecular flexibility index (Phi) is 2.80. The normalized spacial score (nSPS) is 45.8. The van der Waals surface area contributed by atoms with E-state index in [4.69, 9.17) is 25.2 Å². The maximum atomic E-state index is 9.05. The zero-order valence-electron chi connectivity index (χ0n) is 5.92. The van der Waals surface area contributed by atoms with Crippen LogP contribution >= 0.6 is 0 Å². The van der Waals surface area contributed by atoms with Crippen LogP contribution in [-0.2, 0) is 4.74 Å². The first-order chi connectivity index (χ1) is 5.15. The van der Waals surface area contributed by atoms with Crippen LogP contribution in [0.1, 0.15) is 6.42 Å². The van der Waals surface area contributed by atoms with Crippen molar-refractivity contribution < 1.29 is 25.2 Å². The van der Waals surface area contributed by atoms with E-state index in [1.165, 1.54) is 0 Å². The van der Waals surface area contributed by atoms with Gasteiger partial charge < -0.3 is 25.2 Å². The fourth-order valence-electron chi connectivity index (χ4n) is 1.05. The molecule has 0 amide bonds. The summed E-state index contributed by atoms with van der Waals surface area (Å²) in [4.78, 5) is 0. The van der Waals surface area contributed by atoms with E-state index in [1.54, 1.807) is 0 Å². The summed E-state index contributed by atoms with van der Waals surface area (Å²) in [5, 5.41) is 35.5. The van der Waals surface area contributed by atoms with Crippen molar-refractivity contribution in [3.63, 3.8) is 0 Å². The molecular weight excluding hydrogens is 152 g/mol. The molecule has 1 aliphatic heterocycles. The molecule has 0 aliphatic carbocycles. The van der Waals surface area contributed by atoms with Crippen molar-refractivity contribution in [1.82, 2.24) is 0 Å². The van der Waals surface area contributed by atoms with Crippen LogP contribution < -0.4 is 0 Å². The molecule has 0 spiro atoms. The molecule has 66 valence electrons. The number of hydrogen-bond donors (Lipinski definition) is 4. The van der Waals surface area contributed by atoms with E-state index in [0.717, 1.165) is 0 Å². The summed E-state index contributed by atoms with van der Waals surface area (Å²) >= 11 is 0. The summed E-state index contributed by atoms with van der Waals surface area (Å²) in [5.74, 6) is 0. The lowest BCUT2D eigenvalue weighted by Crippen LogP contribution is -2.49. The van der Waals surface area contributed by atoms with Gasteiger partial charge in [0, 0.05) is 6.42 Å². The summed E-state index contributed by atoms with van der Waals surface area (Å²) in [6.45, 7) is -0.263. The molecule has 0 saturated carbocycles. The van der Waals surface area contributed by atoms with E-state index in [9.17, 15) is 0 Å². The predicted molar refractivity (Wildman–Crippen MR) is 34.6 cm³/mol. The van der Waals surface area contributed by atoms with Gasteiger partial charge in [-0.15, -0.1) is 0 Å². The second-order valence-electron chi connectivity index (χ2n) is 2.62. The molecule has 0 bridgehead atoms. The zero-order chi connectivity index (χ0) is 8.43. The van der Waals surface area contributed by atoms with Crippen LogP contribution in [0.25, 0.3) is 0 Å². The lowest BCUT2D eigenvalue weighted by Gasteiger charge is -2.33. The number of ether oxygens (including phenoxy) is 1. The van der Waals surface area contributed by atoms with E-state index in [2.05, 4.69) is 0 Å². The van der Waals surface area contributed by atoms with Gasteiger partial charge in [0.2, 0.25) is 0 Å². The molecule has 0 aromatic carbocycles. The molecule has 5 nitrogen and oxygen atoms in total. The monoisotopic (exact) mass is 164 g/mol. The highest BCUT2D eigenvalue weighted by molar-refractivity contribution is 4.79.